The van der Waals surface area contributed by atoms with Gasteiger partial charge in [0.05, 0.1) is 3.74 Å². The molecule has 0 saturated heterocycles. The van der Waals surface area contributed by atoms with Crippen LogP contribution in [0.25, 0.3) is 0 Å². The molecule has 0 bridgehead atoms. The SMILES string of the molecule is CC(Br)(Br)C(Br)(Br)C(Br)(Br)C(Br)Br. The van der Waals surface area contributed by atoms with E-state index in [2.05, 4.69) is 127 Å². The fourth-order valence-corrected chi connectivity index (χ4v) is 5.29. The molecule has 0 aliphatic carbocycles. The van der Waals surface area contributed by atoms with Gasteiger partial charge in [-0.05, 0) is 6.92 Å². The van der Waals surface area contributed by atoms with Gasteiger partial charge in [-0.2, -0.15) is 0 Å². The summed E-state index contributed by atoms with van der Waals surface area (Å²) in [4.78, 5) is 0. The second-order valence-corrected chi connectivity index (χ2v) is 16.7. The Bertz CT molecular complexity index is 177. The Labute approximate surface area is 145 Å². The summed E-state index contributed by atoms with van der Waals surface area (Å²) in [6.07, 6.45) is 0. The first-order valence-corrected chi connectivity index (χ1v) is 9.45. The number of halogens is 8. The van der Waals surface area contributed by atoms with Crippen LogP contribution >= 0.6 is 127 Å². The zero-order valence-corrected chi connectivity index (χ0v) is 18.8. The van der Waals surface area contributed by atoms with Crippen molar-refractivity contribution < 1.29 is 0 Å². The molecule has 0 rings (SSSR count). The predicted octanol–water partition coefficient (Wildman–Crippen LogP) is 6.58. The quantitative estimate of drug-likeness (QED) is 0.292. The minimum Gasteiger partial charge on any atom is -0.0739 e. The molecule has 8 heteroatoms. The Kier molecular flexibility index (Phi) is 7.32. The Balaban J connectivity index is 5.04. The highest BCUT2D eigenvalue weighted by molar-refractivity contribution is 9.34. The number of hydrogen-bond donors (Lipinski definition) is 0. The smallest absolute Gasteiger partial charge is 0.0739 e. The summed E-state index contributed by atoms with van der Waals surface area (Å²) in [6.45, 7) is 1.98. The van der Waals surface area contributed by atoms with Crippen LogP contribution in [0.4, 0.5) is 0 Å². The summed E-state index contributed by atoms with van der Waals surface area (Å²) >= 11 is 28.3. The van der Waals surface area contributed by atoms with E-state index in [0.717, 1.165) is 0 Å². The molecule has 0 aromatic rings. The van der Waals surface area contributed by atoms with E-state index in [1.54, 1.807) is 0 Å². The molecule has 0 aliphatic rings. The molecule has 0 fully saturated rings. The van der Waals surface area contributed by atoms with Gasteiger partial charge < -0.3 is 0 Å². The first kappa shape index (κ1) is 16.8. The van der Waals surface area contributed by atoms with Gasteiger partial charge in [0.15, 0.2) is 0 Å². The lowest BCUT2D eigenvalue weighted by molar-refractivity contribution is 0.757. The van der Waals surface area contributed by atoms with Crippen molar-refractivity contribution >= 4 is 127 Å². The first-order valence-electron chi connectivity index (χ1n) is 2.86. The Hall–Kier alpha value is 3.84. The average Bonchev–Trinajstić information content (AvgIpc) is 1.84. The van der Waals surface area contributed by atoms with Crippen LogP contribution in [-0.2, 0) is 0 Å². The molecule has 0 aromatic heterocycles. The third kappa shape index (κ3) is 3.91. The minimum absolute atomic E-state index is 0.0284. The van der Waals surface area contributed by atoms with Crippen LogP contribution < -0.4 is 0 Å². The number of alkyl halides is 8. The molecular formula is C5H4Br8. The fourth-order valence-electron chi connectivity index (χ4n) is 0.430. The normalized spacial score (nSPS) is 15.2. The van der Waals surface area contributed by atoms with Gasteiger partial charge in [-0.15, -0.1) is 0 Å². The molecule has 0 aliphatic heterocycles. The van der Waals surface area contributed by atoms with Crippen LogP contribution in [0.1, 0.15) is 6.92 Å². The highest BCUT2D eigenvalue weighted by Gasteiger charge is 2.57. The lowest BCUT2D eigenvalue weighted by atomic mass is 10.3. The highest BCUT2D eigenvalue weighted by Crippen LogP contribution is 2.62. The van der Waals surface area contributed by atoms with Gasteiger partial charge in [0.25, 0.3) is 0 Å². The van der Waals surface area contributed by atoms with Crippen molar-refractivity contribution in [3.8, 4) is 0 Å². The zero-order chi connectivity index (χ0) is 11.1. The molecule has 0 amide bonds. The zero-order valence-electron chi connectivity index (χ0n) is 6.10. The van der Waals surface area contributed by atoms with Gasteiger partial charge in [-0.25, -0.2) is 0 Å². The van der Waals surface area contributed by atoms with Gasteiger partial charge in [-0.3, -0.25) is 0 Å². The summed E-state index contributed by atoms with van der Waals surface area (Å²) in [5.74, 6) is 0. The summed E-state index contributed by atoms with van der Waals surface area (Å²) < 4.78 is -1.17. The lowest BCUT2D eigenvalue weighted by Gasteiger charge is -2.42. The van der Waals surface area contributed by atoms with E-state index in [-0.39, 0.29) is 6.97 Å². The van der Waals surface area contributed by atoms with Crippen molar-refractivity contribution in [3.05, 3.63) is 0 Å². The molecule has 0 heterocycles. The maximum absolute atomic E-state index is 3.59. The van der Waals surface area contributed by atoms with Crippen LogP contribution in [0.5, 0.6) is 0 Å². The van der Waals surface area contributed by atoms with Crippen molar-refractivity contribution in [3.63, 3.8) is 0 Å². The second-order valence-electron chi connectivity index (χ2n) is 2.39. The van der Waals surface area contributed by atoms with Crippen molar-refractivity contribution in [1.29, 1.82) is 0 Å². The fraction of sp³-hybridized carbons (Fsp3) is 1.00. The number of rotatable bonds is 3. The maximum atomic E-state index is 3.59. The topological polar surface area (TPSA) is 0 Å². The van der Waals surface area contributed by atoms with E-state index >= 15 is 0 Å². The molecule has 80 valence electrons. The third-order valence-corrected chi connectivity index (χ3v) is 15.5. The summed E-state index contributed by atoms with van der Waals surface area (Å²) in [5, 5.41) is 0. The van der Waals surface area contributed by atoms with Gasteiger partial charge in [0.1, 0.15) is 9.70 Å². The standard InChI is InChI=1S/C5H4Br8/c1-3(8,9)5(12,13)4(10,11)2(6)7/h2H,1H3. The van der Waals surface area contributed by atoms with Gasteiger partial charge >= 0.3 is 0 Å². The molecular weight excluding hydrogens is 699 g/mol. The molecule has 0 saturated carbocycles. The molecule has 0 radical (unpaired) electrons. The Morgan fingerprint density at radius 2 is 1.15 bits per heavy atom. The van der Waals surface area contributed by atoms with Crippen LogP contribution in [0.15, 0.2) is 0 Å². The molecule has 0 atom stereocenters. The molecule has 0 nitrogen and oxygen atoms in total. The lowest BCUT2D eigenvalue weighted by Crippen LogP contribution is -2.49. The van der Waals surface area contributed by atoms with Gasteiger partial charge in [0, 0.05) is 0 Å². The van der Waals surface area contributed by atoms with Gasteiger partial charge in [-0.1, -0.05) is 127 Å². The van der Waals surface area contributed by atoms with E-state index in [9.17, 15) is 0 Å². The molecule has 0 aromatic carbocycles. The summed E-state index contributed by atoms with van der Waals surface area (Å²) in [7, 11) is 0. The Morgan fingerprint density at radius 1 is 0.846 bits per heavy atom. The van der Waals surface area contributed by atoms with E-state index < -0.39 is 6.47 Å². The summed E-state index contributed by atoms with van der Waals surface area (Å²) in [5.41, 5.74) is 0. The van der Waals surface area contributed by atoms with Crippen molar-refractivity contribution in [2.75, 3.05) is 0 Å². The predicted molar refractivity (Wildman–Crippen MR) is 89.1 cm³/mol. The van der Waals surface area contributed by atoms with Crippen molar-refractivity contribution in [2.45, 2.75) is 20.4 Å². The van der Waals surface area contributed by atoms with E-state index in [0.29, 0.717) is 0 Å². The average molecular weight is 703 g/mol. The maximum Gasteiger partial charge on any atom is 0.132 e. The van der Waals surface area contributed by atoms with E-state index in [4.69, 9.17) is 0 Å². The number of hydrogen-bond acceptors (Lipinski definition) is 0. The van der Waals surface area contributed by atoms with Gasteiger partial charge in [0.2, 0.25) is 0 Å². The molecule has 0 unspecified atom stereocenters. The van der Waals surface area contributed by atoms with Crippen molar-refractivity contribution in [1.82, 2.24) is 0 Å². The molecule has 13 heavy (non-hydrogen) atoms. The molecule has 0 N–H and O–H groups in total. The minimum atomic E-state index is -0.447. The first-order chi connectivity index (χ1) is 5.44. The van der Waals surface area contributed by atoms with Crippen LogP contribution in [0, 0.1) is 0 Å². The highest BCUT2D eigenvalue weighted by atomic mass is 79.9. The van der Waals surface area contributed by atoms with E-state index in [1.807, 2.05) is 6.92 Å². The van der Waals surface area contributed by atoms with Crippen LogP contribution in [0.2, 0.25) is 0 Å². The summed E-state index contributed by atoms with van der Waals surface area (Å²) in [6, 6.07) is 0. The van der Waals surface area contributed by atoms with Crippen molar-refractivity contribution in [2.24, 2.45) is 0 Å². The van der Waals surface area contributed by atoms with Crippen LogP contribution in [0.3, 0.4) is 0 Å². The third-order valence-electron chi connectivity index (χ3n) is 1.24. The van der Waals surface area contributed by atoms with E-state index in [1.165, 1.54) is 0 Å². The molecule has 0 spiro atoms. The largest absolute Gasteiger partial charge is 0.132 e. The second kappa shape index (κ2) is 5.65. The Morgan fingerprint density at radius 3 is 1.23 bits per heavy atom. The monoisotopic (exact) mass is 695 g/mol. The van der Waals surface area contributed by atoms with Crippen LogP contribution in [-0.4, -0.2) is 13.4 Å².